The van der Waals surface area contributed by atoms with E-state index in [9.17, 15) is 4.79 Å². The van der Waals surface area contributed by atoms with E-state index in [-0.39, 0.29) is 18.4 Å². The molecule has 0 spiro atoms. The van der Waals surface area contributed by atoms with Gasteiger partial charge in [0.1, 0.15) is 0 Å². The van der Waals surface area contributed by atoms with Crippen LogP contribution in [0.1, 0.15) is 34.1 Å². The van der Waals surface area contributed by atoms with E-state index in [1.807, 2.05) is 13.8 Å². The predicted octanol–water partition coefficient (Wildman–Crippen LogP) is 0.247. The van der Waals surface area contributed by atoms with Crippen molar-refractivity contribution in [1.29, 1.82) is 0 Å². The van der Waals surface area contributed by atoms with Gasteiger partial charge in [0.2, 0.25) is 5.91 Å². The van der Waals surface area contributed by atoms with Crippen molar-refractivity contribution in [2.24, 2.45) is 11.7 Å². The Kier molecular flexibility index (Phi) is 5.08. The molecule has 0 heterocycles. The topological polar surface area (TPSA) is 75.4 Å². The molecule has 84 valence electrons. The van der Waals surface area contributed by atoms with E-state index in [0.717, 1.165) is 6.42 Å². The van der Waals surface area contributed by atoms with Gasteiger partial charge < -0.3 is 16.2 Å². The highest BCUT2D eigenvalue weighted by atomic mass is 16.3. The lowest BCUT2D eigenvalue weighted by Gasteiger charge is -2.27. The number of rotatable bonds is 5. The standard InChI is InChI=1S/C10H22N2O2/c1-5-7(2)8(11)9(14)12-10(3,4)6-13/h7-8,13H,5-6,11H2,1-4H3,(H,12,14). The zero-order valence-corrected chi connectivity index (χ0v) is 9.50. The first-order chi connectivity index (χ1) is 6.34. The van der Waals surface area contributed by atoms with Crippen LogP contribution < -0.4 is 11.1 Å². The maximum Gasteiger partial charge on any atom is 0.237 e. The minimum Gasteiger partial charge on any atom is -0.394 e. The predicted molar refractivity (Wildman–Crippen MR) is 56.7 cm³/mol. The lowest BCUT2D eigenvalue weighted by molar-refractivity contribution is -0.125. The second-order valence-corrected chi connectivity index (χ2v) is 4.44. The quantitative estimate of drug-likeness (QED) is 0.598. The van der Waals surface area contributed by atoms with Crippen molar-refractivity contribution in [2.45, 2.75) is 45.7 Å². The Labute approximate surface area is 85.9 Å². The number of aliphatic hydroxyl groups excluding tert-OH is 1. The van der Waals surface area contributed by atoms with Crippen LogP contribution in [0.4, 0.5) is 0 Å². The molecular weight excluding hydrogens is 180 g/mol. The first kappa shape index (κ1) is 13.4. The number of nitrogens with one attached hydrogen (secondary N) is 1. The van der Waals surface area contributed by atoms with Crippen LogP contribution in [-0.4, -0.2) is 29.2 Å². The highest BCUT2D eigenvalue weighted by molar-refractivity contribution is 5.82. The van der Waals surface area contributed by atoms with Crippen molar-refractivity contribution in [1.82, 2.24) is 5.32 Å². The van der Waals surface area contributed by atoms with Crippen LogP contribution in [0.15, 0.2) is 0 Å². The molecule has 14 heavy (non-hydrogen) atoms. The van der Waals surface area contributed by atoms with Gasteiger partial charge in [-0.1, -0.05) is 20.3 Å². The number of hydrogen-bond acceptors (Lipinski definition) is 3. The molecule has 0 aliphatic carbocycles. The Morgan fingerprint density at radius 3 is 2.43 bits per heavy atom. The summed E-state index contributed by atoms with van der Waals surface area (Å²) < 4.78 is 0. The van der Waals surface area contributed by atoms with Crippen LogP contribution in [0.25, 0.3) is 0 Å². The highest BCUT2D eigenvalue weighted by Crippen LogP contribution is 2.07. The second-order valence-electron chi connectivity index (χ2n) is 4.44. The van der Waals surface area contributed by atoms with Crippen molar-refractivity contribution in [2.75, 3.05) is 6.61 Å². The fourth-order valence-electron chi connectivity index (χ4n) is 0.969. The molecule has 0 saturated heterocycles. The van der Waals surface area contributed by atoms with Gasteiger partial charge in [0, 0.05) is 0 Å². The molecule has 0 rings (SSSR count). The van der Waals surface area contributed by atoms with Gasteiger partial charge in [0.05, 0.1) is 18.2 Å². The zero-order chi connectivity index (χ0) is 11.4. The van der Waals surface area contributed by atoms with E-state index in [1.165, 1.54) is 0 Å². The third-order valence-electron chi connectivity index (χ3n) is 2.42. The Balaban J connectivity index is 4.21. The number of nitrogens with two attached hydrogens (primary N) is 1. The van der Waals surface area contributed by atoms with Crippen molar-refractivity contribution in [3.05, 3.63) is 0 Å². The molecule has 0 aromatic carbocycles. The maximum absolute atomic E-state index is 11.6. The van der Waals surface area contributed by atoms with Crippen LogP contribution >= 0.6 is 0 Å². The summed E-state index contributed by atoms with van der Waals surface area (Å²) in [7, 11) is 0. The van der Waals surface area contributed by atoms with Crippen LogP contribution in [0.5, 0.6) is 0 Å². The number of carbonyl (C=O) groups excluding carboxylic acids is 1. The fourth-order valence-corrected chi connectivity index (χ4v) is 0.969. The summed E-state index contributed by atoms with van der Waals surface area (Å²) in [6, 6.07) is -0.495. The van der Waals surface area contributed by atoms with Gasteiger partial charge in [-0.15, -0.1) is 0 Å². The summed E-state index contributed by atoms with van der Waals surface area (Å²) in [6.07, 6.45) is 0.869. The lowest BCUT2D eigenvalue weighted by Crippen LogP contribution is -2.54. The van der Waals surface area contributed by atoms with Crippen molar-refractivity contribution >= 4 is 5.91 Å². The van der Waals surface area contributed by atoms with Crippen LogP contribution in [0.3, 0.4) is 0 Å². The van der Waals surface area contributed by atoms with E-state index in [0.29, 0.717) is 0 Å². The first-order valence-corrected chi connectivity index (χ1v) is 5.02. The molecule has 0 aliphatic rings. The fraction of sp³-hybridized carbons (Fsp3) is 0.900. The van der Waals surface area contributed by atoms with Gasteiger partial charge in [-0.2, -0.15) is 0 Å². The molecule has 0 bridgehead atoms. The molecule has 4 N–H and O–H groups in total. The number of amides is 1. The van der Waals surface area contributed by atoms with Gasteiger partial charge in [-0.3, -0.25) is 4.79 Å². The largest absolute Gasteiger partial charge is 0.394 e. The van der Waals surface area contributed by atoms with E-state index < -0.39 is 11.6 Å². The summed E-state index contributed by atoms with van der Waals surface area (Å²) in [4.78, 5) is 11.6. The van der Waals surface area contributed by atoms with Crippen LogP contribution in [-0.2, 0) is 4.79 Å². The zero-order valence-electron chi connectivity index (χ0n) is 9.50. The third kappa shape index (κ3) is 4.07. The average Bonchev–Trinajstić information content (AvgIpc) is 2.14. The average molecular weight is 202 g/mol. The monoisotopic (exact) mass is 202 g/mol. The van der Waals surface area contributed by atoms with Gasteiger partial charge in [0.25, 0.3) is 0 Å². The summed E-state index contributed by atoms with van der Waals surface area (Å²) in [5.74, 6) is -0.0390. The molecule has 0 aromatic rings. The van der Waals surface area contributed by atoms with Crippen molar-refractivity contribution < 1.29 is 9.90 Å². The molecule has 2 atom stereocenters. The van der Waals surface area contributed by atoms with Crippen molar-refractivity contribution in [3.8, 4) is 0 Å². The molecule has 2 unspecified atom stereocenters. The molecule has 0 fully saturated rings. The molecule has 4 nitrogen and oxygen atoms in total. The molecular formula is C10H22N2O2. The Bertz CT molecular complexity index is 193. The Hall–Kier alpha value is -0.610. The Morgan fingerprint density at radius 1 is 1.57 bits per heavy atom. The molecule has 0 aliphatic heterocycles. The number of carbonyl (C=O) groups is 1. The molecule has 0 radical (unpaired) electrons. The molecule has 0 aromatic heterocycles. The molecule has 1 amide bonds. The van der Waals surface area contributed by atoms with Crippen LogP contribution in [0.2, 0.25) is 0 Å². The summed E-state index contributed by atoms with van der Waals surface area (Å²) >= 11 is 0. The van der Waals surface area contributed by atoms with Gasteiger partial charge >= 0.3 is 0 Å². The Morgan fingerprint density at radius 2 is 2.07 bits per heavy atom. The first-order valence-electron chi connectivity index (χ1n) is 5.02. The smallest absolute Gasteiger partial charge is 0.237 e. The number of hydrogen-bond donors (Lipinski definition) is 3. The van der Waals surface area contributed by atoms with E-state index in [4.69, 9.17) is 10.8 Å². The number of aliphatic hydroxyl groups is 1. The van der Waals surface area contributed by atoms with E-state index in [2.05, 4.69) is 5.32 Å². The van der Waals surface area contributed by atoms with Gasteiger partial charge in [-0.05, 0) is 19.8 Å². The summed E-state index contributed by atoms with van der Waals surface area (Å²) in [6.45, 7) is 7.36. The van der Waals surface area contributed by atoms with Gasteiger partial charge in [-0.25, -0.2) is 0 Å². The normalized spacial score (nSPS) is 16.1. The third-order valence-corrected chi connectivity index (χ3v) is 2.42. The lowest BCUT2D eigenvalue weighted by atomic mass is 9.98. The minimum atomic E-state index is -0.595. The summed E-state index contributed by atoms with van der Waals surface area (Å²) in [5, 5.41) is 11.7. The van der Waals surface area contributed by atoms with Crippen LogP contribution in [0, 0.1) is 5.92 Å². The van der Waals surface area contributed by atoms with Gasteiger partial charge in [0.15, 0.2) is 0 Å². The molecule has 0 saturated carbocycles. The second kappa shape index (κ2) is 5.32. The molecule has 4 heteroatoms. The van der Waals surface area contributed by atoms with E-state index >= 15 is 0 Å². The maximum atomic E-state index is 11.6. The highest BCUT2D eigenvalue weighted by Gasteiger charge is 2.25. The van der Waals surface area contributed by atoms with E-state index in [1.54, 1.807) is 13.8 Å². The SMILES string of the molecule is CCC(C)C(N)C(=O)NC(C)(C)CO. The van der Waals surface area contributed by atoms with Crippen molar-refractivity contribution in [3.63, 3.8) is 0 Å². The summed E-state index contributed by atoms with van der Waals surface area (Å²) in [5.41, 5.74) is 5.14. The minimum absolute atomic E-state index is 0.0913.